The summed E-state index contributed by atoms with van der Waals surface area (Å²) >= 11 is 0. The summed E-state index contributed by atoms with van der Waals surface area (Å²) in [4.78, 5) is 17.3. The van der Waals surface area contributed by atoms with E-state index in [1.54, 1.807) is 0 Å². The molecule has 0 bridgehead atoms. The van der Waals surface area contributed by atoms with Crippen LogP contribution in [0.15, 0.2) is 53.6 Å². The number of nitrogens with zero attached hydrogens (tertiary/aromatic N) is 2. The molecule has 2 aliphatic heterocycles. The van der Waals surface area contributed by atoms with Gasteiger partial charge in [-0.2, -0.15) is 0 Å². The molecule has 2 aromatic rings. The number of H-pyrrole nitrogens is 1. The van der Waals surface area contributed by atoms with Gasteiger partial charge in [-0.25, -0.2) is 19.0 Å². The topological polar surface area (TPSA) is 115 Å². The number of likely N-dealkylation sites (tertiary alicyclic amines) is 1. The number of nitrogens with two attached hydrogens (primary N) is 2. The number of anilines is 1. The van der Waals surface area contributed by atoms with Gasteiger partial charge in [0.05, 0.1) is 23.4 Å². The molecular formula is C22H24F3N7O. The number of dihydropyridines is 1. The highest BCUT2D eigenvalue weighted by Gasteiger charge is 2.48. The van der Waals surface area contributed by atoms with Crippen LogP contribution in [0.2, 0.25) is 0 Å². The van der Waals surface area contributed by atoms with E-state index in [0.29, 0.717) is 22.4 Å². The van der Waals surface area contributed by atoms with Crippen molar-refractivity contribution in [3.8, 4) is 0 Å². The Balaban J connectivity index is 1.27. The summed E-state index contributed by atoms with van der Waals surface area (Å²) in [6.45, 7) is 1.94. The van der Waals surface area contributed by atoms with Crippen LogP contribution in [-0.4, -0.2) is 40.4 Å². The summed E-state index contributed by atoms with van der Waals surface area (Å²) < 4.78 is 41.7. The quantitative estimate of drug-likeness (QED) is 0.267. The Labute approximate surface area is 187 Å². The number of benzene rings is 1. The Morgan fingerprint density at radius 3 is 2.67 bits per heavy atom. The van der Waals surface area contributed by atoms with Crippen LogP contribution in [0.5, 0.6) is 0 Å². The predicted molar refractivity (Wildman–Crippen MR) is 117 cm³/mol. The third kappa shape index (κ3) is 3.99. The zero-order valence-corrected chi connectivity index (χ0v) is 17.7. The molecule has 33 heavy (non-hydrogen) atoms. The van der Waals surface area contributed by atoms with Crippen molar-refractivity contribution in [1.82, 2.24) is 20.2 Å². The summed E-state index contributed by atoms with van der Waals surface area (Å²) in [5, 5.41) is 6.97. The first-order valence-electron chi connectivity index (χ1n) is 10.6. The van der Waals surface area contributed by atoms with Gasteiger partial charge in [-0.3, -0.25) is 9.80 Å². The summed E-state index contributed by atoms with van der Waals surface area (Å²) in [7, 11) is 0. The molecular weight excluding hydrogens is 435 g/mol. The number of hydrogen-bond acceptors (Lipinski definition) is 6. The number of nitrogens with one attached hydrogen (secondary N) is 3. The van der Waals surface area contributed by atoms with Crippen molar-refractivity contribution in [1.29, 1.82) is 0 Å². The average molecular weight is 459 g/mol. The van der Waals surface area contributed by atoms with Crippen molar-refractivity contribution in [2.24, 2.45) is 17.0 Å². The van der Waals surface area contributed by atoms with Gasteiger partial charge in [0.15, 0.2) is 17.5 Å². The van der Waals surface area contributed by atoms with Gasteiger partial charge in [-0.1, -0.05) is 0 Å². The van der Waals surface area contributed by atoms with Crippen molar-refractivity contribution in [3.63, 3.8) is 0 Å². The molecule has 1 aliphatic carbocycles. The number of fused-ring (bicyclic) bond motifs is 1. The van der Waals surface area contributed by atoms with E-state index in [0.717, 1.165) is 36.7 Å². The molecule has 7 N–H and O–H groups in total. The zero-order chi connectivity index (χ0) is 23.3. The smallest absolute Gasteiger partial charge is 0.273 e. The number of aromatic amines is 1. The lowest BCUT2D eigenvalue weighted by atomic mass is 10.1. The zero-order valence-electron chi connectivity index (χ0n) is 17.7. The fourth-order valence-electron chi connectivity index (χ4n) is 4.37. The van der Waals surface area contributed by atoms with Gasteiger partial charge in [0.1, 0.15) is 11.5 Å². The number of hydrazine groups is 1. The van der Waals surface area contributed by atoms with Gasteiger partial charge in [-0.05, 0) is 30.7 Å². The number of carbonyl (C=O) groups excluding carboxylic acids is 1. The van der Waals surface area contributed by atoms with Crippen LogP contribution in [0.4, 0.5) is 18.9 Å². The third-order valence-corrected chi connectivity index (χ3v) is 6.51. The first-order valence-corrected chi connectivity index (χ1v) is 10.6. The second-order valence-electron chi connectivity index (χ2n) is 8.82. The Hall–Kier alpha value is -3.60. The highest BCUT2D eigenvalue weighted by Crippen LogP contribution is 2.53. The van der Waals surface area contributed by atoms with Crippen LogP contribution in [-0.2, 0) is 4.79 Å². The van der Waals surface area contributed by atoms with E-state index in [1.807, 2.05) is 4.90 Å². The molecule has 174 valence electrons. The summed E-state index contributed by atoms with van der Waals surface area (Å²) in [6.07, 6.45) is 7.37. The first kappa shape index (κ1) is 21.3. The number of carbonyl (C=O) groups is 1. The van der Waals surface area contributed by atoms with Gasteiger partial charge >= 0.3 is 0 Å². The van der Waals surface area contributed by atoms with Crippen molar-refractivity contribution in [3.05, 3.63) is 65.3 Å². The minimum atomic E-state index is -1.04. The molecule has 1 aromatic carbocycles. The molecule has 0 radical (unpaired) electrons. The van der Waals surface area contributed by atoms with Crippen molar-refractivity contribution in [2.75, 3.05) is 25.0 Å². The Morgan fingerprint density at radius 2 is 1.97 bits per heavy atom. The monoisotopic (exact) mass is 459 g/mol. The molecule has 8 nitrogen and oxygen atoms in total. The van der Waals surface area contributed by atoms with Gasteiger partial charge in [0, 0.05) is 43.0 Å². The molecule has 5 rings (SSSR count). The number of aromatic nitrogens is 1. The molecule has 11 heteroatoms. The van der Waals surface area contributed by atoms with E-state index in [-0.39, 0.29) is 23.3 Å². The van der Waals surface area contributed by atoms with E-state index >= 15 is 0 Å². The van der Waals surface area contributed by atoms with E-state index < -0.39 is 23.4 Å². The van der Waals surface area contributed by atoms with Crippen molar-refractivity contribution < 1.29 is 18.0 Å². The van der Waals surface area contributed by atoms with Crippen LogP contribution < -0.4 is 22.2 Å². The van der Waals surface area contributed by atoms with Gasteiger partial charge < -0.3 is 26.3 Å². The normalized spacial score (nSPS) is 19.7. The second kappa shape index (κ2) is 7.77. The molecule has 1 aromatic heterocycles. The van der Waals surface area contributed by atoms with Gasteiger partial charge in [0.25, 0.3) is 5.91 Å². The largest absolute Gasteiger partial charge is 0.393 e. The first-order chi connectivity index (χ1) is 15.7. The fraction of sp³-hybridized carbons (Fsp3) is 0.318. The van der Waals surface area contributed by atoms with Crippen molar-refractivity contribution >= 4 is 22.5 Å². The number of amides is 1. The average Bonchev–Trinajstić information content (AvgIpc) is 3.25. The van der Waals surface area contributed by atoms with Gasteiger partial charge in [-0.15, -0.1) is 0 Å². The number of rotatable bonds is 5. The summed E-state index contributed by atoms with van der Waals surface area (Å²) in [6, 6.07) is 1.97. The van der Waals surface area contributed by atoms with E-state index in [9.17, 15) is 18.0 Å². The standard InChI is InChI=1S/C22H24F3N7O/c23-14-6-13-18(7-15(14)24)28-9-19(13)30-21(33)17(26)10-32(27)12-5-16(25)20(29-8-12)31-4-3-22(11-31)1-2-22/h5-7,9-10,28-29H,1-4,8,11,26-27H2,(H,30,33)/b17-10-. The Bertz CT molecular complexity index is 1230. The Kier molecular flexibility index (Phi) is 5.00. The summed E-state index contributed by atoms with van der Waals surface area (Å²) in [5.41, 5.74) is 6.91. The molecule has 3 heterocycles. The number of halogens is 3. The maximum atomic E-state index is 14.8. The van der Waals surface area contributed by atoms with Crippen LogP contribution >= 0.6 is 0 Å². The molecule has 1 spiro atoms. The minimum absolute atomic E-state index is 0.227. The van der Waals surface area contributed by atoms with Crippen molar-refractivity contribution in [2.45, 2.75) is 19.3 Å². The number of hydrogen-bond donors (Lipinski definition) is 5. The maximum Gasteiger partial charge on any atom is 0.273 e. The number of allylic oxidation sites excluding steroid dienone is 2. The van der Waals surface area contributed by atoms with Gasteiger partial charge in [0.2, 0.25) is 0 Å². The molecule has 3 aliphatic rings. The highest BCUT2D eigenvalue weighted by atomic mass is 19.2. The lowest BCUT2D eigenvalue weighted by Gasteiger charge is -2.29. The highest BCUT2D eigenvalue weighted by molar-refractivity contribution is 6.08. The molecule has 2 fully saturated rings. The lowest BCUT2D eigenvalue weighted by molar-refractivity contribution is -0.113. The SMILES string of the molecule is N/C(=C\N(N)C1=CC(F)=C(N2CCC3(CC3)C2)NC1)C(=O)Nc1c[nH]c2cc(F)c(F)cc12. The third-order valence-electron chi connectivity index (χ3n) is 6.51. The minimum Gasteiger partial charge on any atom is -0.393 e. The van der Waals surface area contributed by atoms with Crippen LogP contribution in [0, 0.1) is 17.0 Å². The van der Waals surface area contributed by atoms with Crippen LogP contribution in [0.25, 0.3) is 10.9 Å². The van der Waals surface area contributed by atoms with E-state index in [2.05, 4.69) is 15.6 Å². The van der Waals surface area contributed by atoms with E-state index in [1.165, 1.54) is 31.3 Å². The summed E-state index contributed by atoms with van der Waals surface area (Å²) in [5.74, 6) is 3.29. The molecule has 1 saturated carbocycles. The molecule has 0 atom stereocenters. The molecule has 1 saturated heterocycles. The lowest BCUT2D eigenvalue weighted by Crippen LogP contribution is -2.39. The maximum absolute atomic E-state index is 14.8. The Morgan fingerprint density at radius 1 is 1.21 bits per heavy atom. The second-order valence-corrected chi connectivity index (χ2v) is 8.82. The predicted octanol–water partition coefficient (Wildman–Crippen LogP) is 2.47. The fourth-order valence-corrected chi connectivity index (χ4v) is 4.37. The molecule has 1 amide bonds. The van der Waals surface area contributed by atoms with Crippen LogP contribution in [0.3, 0.4) is 0 Å². The van der Waals surface area contributed by atoms with E-state index in [4.69, 9.17) is 11.6 Å². The molecule has 0 unspecified atom stereocenters. The van der Waals surface area contributed by atoms with Crippen LogP contribution in [0.1, 0.15) is 19.3 Å².